The van der Waals surface area contributed by atoms with Crippen molar-refractivity contribution in [1.29, 1.82) is 5.26 Å². The van der Waals surface area contributed by atoms with Gasteiger partial charge in [0.25, 0.3) is 0 Å². The molecule has 0 N–H and O–H groups in total. The lowest BCUT2D eigenvalue weighted by Gasteiger charge is -2.23. The van der Waals surface area contributed by atoms with E-state index >= 15 is 0 Å². The molecule has 1 saturated carbocycles. The maximum Gasteiger partial charge on any atom is 0.0621 e. The molecule has 2 heteroatoms. The van der Waals surface area contributed by atoms with Crippen LogP contribution in [-0.2, 0) is 0 Å². The second-order valence-electron chi connectivity index (χ2n) is 4.74. The Morgan fingerprint density at radius 3 is 2.57 bits per heavy atom. The highest BCUT2D eigenvalue weighted by Crippen LogP contribution is 2.27. The lowest BCUT2D eigenvalue weighted by molar-refractivity contribution is 0.230. The summed E-state index contributed by atoms with van der Waals surface area (Å²) >= 11 is 0. The van der Waals surface area contributed by atoms with Crippen LogP contribution < -0.4 is 0 Å². The van der Waals surface area contributed by atoms with Crippen LogP contribution in [0.5, 0.6) is 0 Å². The summed E-state index contributed by atoms with van der Waals surface area (Å²) in [5.74, 6) is 0.770. The van der Waals surface area contributed by atoms with Gasteiger partial charge in [-0.3, -0.25) is 0 Å². The number of nitriles is 1. The van der Waals surface area contributed by atoms with Crippen molar-refractivity contribution in [3.8, 4) is 6.07 Å². The van der Waals surface area contributed by atoms with Crippen molar-refractivity contribution >= 4 is 0 Å². The minimum atomic E-state index is 0.722. The number of hydrogen-bond acceptors (Lipinski definition) is 2. The largest absolute Gasteiger partial charge is 0.300 e. The first kappa shape index (κ1) is 11.5. The highest BCUT2D eigenvalue weighted by molar-refractivity contribution is 4.85. The Bertz CT molecular complexity index is 189. The molecule has 1 fully saturated rings. The molecule has 1 aliphatic carbocycles. The molecule has 1 aliphatic rings. The van der Waals surface area contributed by atoms with Crippen molar-refractivity contribution in [2.75, 3.05) is 13.1 Å². The van der Waals surface area contributed by atoms with Gasteiger partial charge in [-0.05, 0) is 38.1 Å². The van der Waals surface area contributed by atoms with Crippen molar-refractivity contribution < 1.29 is 0 Å². The zero-order chi connectivity index (χ0) is 10.4. The van der Waals surface area contributed by atoms with Crippen molar-refractivity contribution in [2.24, 2.45) is 5.92 Å². The Morgan fingerprint density at radius 1 is 1.36 bits per heavy atom. The molecule has 0 amide bonds. The summed E-state index contributed by atoms with van der Waals surface area (Å²) in [6.45, 7) is 7.00. The summed E-state index contributed by atoms with van der Waals surface area (Å²) in [5.41, 5.74) is 0. The van der Waals surface area contributed by atoms with Crippen LogP contribution in [0.2, 0.25) is 0 Å². The van der Waals surface area contributed by atoms with E-state index in [1.54, 1.807) is 0 Å². The van der Waals surface area contributed by atoms with E-state index < -0.39 is 0 Å². The standard InChI is InChI=1S/C12H22N2/c1-11(2)10-14(12-6-7-12)9-5-3-4-8-13/h11-12H,3-7,9-10H2,1-2H3. The third-order valence-corrected chi connectivity index (χ3v) is 2.65. The van der Waals surface area contributed by atoms with Crippen LogP contribution >= 0.6 is 0 Å². The first-order valence-electron chi connectivity index (χ1n) is 5.85. The topological polar surface area (TPSA) is 27.0 Å². The fourth-order valence-corrected chi connectivity index (χ4v) is 1.85. The van der Waals surface area contributed by atoms with Crippen LogP contribution in [0, 0.1) is 17.2 Å². The monoisotopic (exact) mass is 194 g/mol. The maximum absolute atomic E-state index is 8.43. The van der Waals surface area contributed by atoms with Crippen LogP contribution in [0.15, 0.2) is 0 Å². The van der Waals surface area contributed by atoms with Gasteiger partial charge in [0, 0.05) is 19.0 Å². The third-order valence-electron chi connectivity index (χ3n) is 2.65. The van der Waals surface area contributed by atoms with E-state index in [-0.39, 0.29) is 0 Å². The van der Waals surface area contributed by atoms with Gasteiger partial charge in [-0.1, -0.05) is 13.8 Å². The Morgan fingerprint density at radius 2 is 2.07 bits per heavy atom. The van der Waals surface area contributed by atoms with Gasteiger partial charge in [0.2, 0.25) is 0 Å². The van der Waals surface area contributed by atoms with Crippen molar-refractivity contribution in [3.05, 3.63) is 0 Å². The van der Waals surface area contributed by atoms with Gasteiger partial charge in [0.05, 0.1) is 6.07 Å². The molecule has 80 valence electrons. The molecule has 2 nitrogen and oxygen atoms in total. The van der Waals surface area contributed by atoms with Gasteiger partial charge in [-0.15, -0.1) is 0 Å². The summed E-state index contributed by atoms with van der Waals surface area (Å²) in [6, 6.07) is 3.08. The maximum atomic E-state index is 8.43. The molecule has 1 rings (SSSR count). The van der Waals surface area contributed by atoms with E-state index in [1.165, 1.54) is 32.4 Å². The van der Waals surface area contributed by atoms with Gasteiger partial charge in [0.1, 0.15) is 0 Å². The fourth-order valence-electron chi connectivity index (χ4n) is 1.85. The minimum absolute atomic E-state index is 0.722. The van der Waals surface area contributed by atoms with E-state index in [1.807, 2.05) is 0 Å². The van der Waals surface area contributed by atoms with E-state index in [4.69, 9.17) is 5.26 Å². The summed E-state index contributed by atoms with van der Waals surface area (Å²) < 4.78 is 0. The molecule has 0 unspecified atom stereocenters. The SMILES string of the molecule is CC(C)CN(CCCCC#N)C1CC1. The van der Waals surface area contributed by atoms with Gasteiger partial charge in [-0.25, -0.2) is 0 Å². The highest BCUT2D eigenvalue weighted by Gasteiger charge is 2.28. The van der Waals surface area contributed by atoms with Crippen LogP contribution in [0.4, 0.5) is 0 Å². The van der Waals surface area contributed by atoms with Gasteiger partial charge in [0.15, 0.2) is 0 Å². The van der Waals surface area contributed by atoms with E-state index in [2.05, 4.69) is 24.8 Å². The normalized spacial score (nSPS) is 16.2. The van der Waals surface area contributed by atoms with Crippen LogP contribution in [-0.4, -0.2) is 24.0 Å². The highest BCUT2D eigenvalue weighted by atomic mass is 15.2. The molecule has 0 aromatic carbocycles. The molecular weight excluding hydrogens is 172 g/mol. The average Bonchev–Trinajstić information content (AvgIpc) is 2.92. The first-order chi connectivity index (χ1) is 6.74. The summed E-state index contributed by atoms with van der Waals surface area (Å²) in [7, 11) is 0. The van der Waals surface area contributed by atoms with Crippen LogP contribution in [0.25, 0.3) is 0 Å². The number of rotatable bonds is 7. The second kappa shape index (κ2) is 6.03. The van der Waals surface area contributed by atoms with Crippen molar-refractivity contribution in [1.82, 2.24) is 4.90 Å². The molecule has 14 heavy (non-hydrogen) atoms. The molecule has 0 spiro atoms. The van der Waals surface area contributed by atoms with Crippen LogP contribution in [0.1, 0.15) is 46.0 Å². The summed E-state index contributed by atoms with van der Waals surface area (Å²) in [5, 5.41) is 8.43. The molecule has 0 radical (unpaired) electrons. The van der Waals surface area contributed by atoms with Crippen LogP contribution in [0.3, 0.4) is 0 Å². The van der Waals surface area contributed by atoms with Crippen molar-refractivity contribution in [3.63, 3.8) is 0 Å². The molecule has 0 aromatic heterocycles. The fraction of sp³-hybridized carbons (Fsp3) is 0.917. The first-order valence-corrected chi connectivity index (χ1v) is 5.85. The molecule has 0 atom stereocenters. The van der Waals surface area contributed by atoms with Gasteiger partial charge < -0.3 is 4.90 Å². The summed E-state index contributed by atoms with van der Waals surface area (Å²) in [4.78, 5) is 2.61. The number of unbranched alkanes of at least 4 members (excludes halogenated alkanes) is 2. The summed E-state index contributed by atoms with van der Waals surface area (Å²) in [6.07, 6.45) is 5.77. The smallest absolute Gasteiger partial charge is 0.0621 e. The van der Waals surface area contributed by atoms with E-state index in [0.717, 1.165) is 24.8 Å². The Hall–Kier alpha value is -0.550. The Labute approximate surface area is 87.9 Å². The van der Waals surface area contributed by atoms with Gasteiger partial charge >= 0.3 is 0 Å². The quantitative estimate of drug-likeness (QED) is 0.583. The van der Waals surface area contributed by atoms with Crippen molar-refractivity contribution in [2.45, 2.75) is 52.0 Å². The molecule has 0 saturated heterocycles. The molecule has 0 bridgehead atoms. The zero-order valence-electron chi connectivity index (χ0n) is 9.50. The molecule has 0 aliphatic heterocycles. The molecule has 0 aromatic rings. The Balaban J connectivity index is 2.12. The zero-order valence-corrected chi connectivity index (χ0v) is 9.50. The lowest BCUT2D eigenvalue weighted by atomic mass is 10.2. The second-order valence-corrected chi connectivity index (χ2v) is 4.74. The Kier molecular flexibility index (Phi) is 4.97. The number of nitrogens with zero attached hydrogens (tertiary/aromatic N) is 2. The lowest BCUT2D eigenvalue weighted by Crippen LogP contribution is -2.30. The third kappa shape index (κ3) is 4.62. The molecule has 0 heterocycles. The van der Waals surface area contributed by atoms with Gasteiger partial charge in [-0.2, -0.15) is 5.26 Å². The minimum Gasteiger partial charge on any atom is -0.300 e. The molecular formula is C12H22N2. The number of hydrogen-bond donors (Lipinski definition) is 0. The predicted octanol–water partition coefficient (Wildman–Crippen LogP) is 2.80. The van der Waals surface area contributed by atoms with E-state index in [0.29, 0.717) is 0 Å². The predicted molar refractivity (Wildman–Crippen MR) is 58.9 cm³/mol. The average molecular weight is 194 g/mol. The van der Waals surface area contributed by atoms with E-state index in [9.17, 15) is 0 Å².